The van der Waals surface area contributed by atoms with Crippen molar-refractivity contribution in [3.05, 3.63) is 71.9 Å². The van der Waals surface area contributed by atoms with E-state index in [2.05, 4.69) is 70.4 Å². The highest BCUT2D eigenvalue weighted by molar-refractivity contribution is 5.37. The summed E-state index contributed by atoms with van der Waals surface area (Å²) in [5.41, 5.74) is 0.166. The molecule has 2 heterocycles. The predicted octanol–water partition coefficient (Wildman–Crippen LogP) is 5.45. The third-order valence-corrected chi connectivity index (χ3v) is 6.14. The lowest BCUT2D eigenvalue weighted by Crippen LogP contribution is -2.58. The van der Waals surface area contributed by atoms with E-state index in [9.17, 15) is 13.2 Å². The van der Waals surface area contributed by atoms with Crippen molar-refractivity contribution in [1.82, 2.24) is 14.8 Å². The van der Waals surface area contributed by atoms with Crippen molar-refractivity contribution in [2.45, 2.75) is 44.9 Å². The number of nitrogens with zero attached hydrogens (tertiary/aromatic N) is 3. The molecule has 0 radical (unpaired) electrons. The van der Waals surface area contributed by atoms with Crippen molar-refractivity contribution < 1.29 is 13.2 Å². The Labute approximate surface area is 189 Å². The molecule has 7 heteroatoms. The molecule has 2 aromatic rings. The lowest BCUT2D eigenvalue weighted by Gasteiger charge is -2.46. The van der Waals surface area contributed by atoms with Gasteiger partial charge in [-0.3, -0.25) is 9.80 Å². The van der Waals surface area contributed by atoms with Crippen LogP contribution in [0.2, 0.25) is 0 Å². The molecule has 0 bridgehead atoms. The first kappa shape index (κ1) is 24.3. The Hall–Kier alpha value is -2.38. The quantitative estimate of drug-likeness (QED) is 0.520. The number of benzene rings is 1. The number of anilines is 1. The zero-order chi connectivity index (χ0) is 23.0. The summed E-state index contributed by atoms with van der Waals surface area (Å²) in [6.07, 6.45) is 1.70. The molecule has 1 aromatic carbocycles. The summed E-state index contributed by atoms with van der Waals surface area (Å²) in [6.45, 7) is 9.40. The van der Waals surface area contributed by atoms with E-state index in [4.69, 9.17) is 0 Å². The summed E-state index contributed by atoms with van der Waals surface area (Å²) in [5, 5.41) is 3.19. The third kappa shape index (κ3) is 6.33. The van der Waals surface area contributed by atoms with E-state index in [1.165, 1.54) is 11.6 Å². The number of aromatic nitrogens is 1. The van der Waals surface area contributed by atoms with E-state index < -0.39 is 11.9 Å². The van der Waals surface area contributed by atoms with Gasteiger partial charge in [-0.1, -0.05) is 62.4 Å². The van der Waals surface area contributed by atoms with Crippen molar-refractivity contribution in [3.63, 3.8) is 0 Å². The number of nitrogens with one attached hydrogen (secondary N) is 1. The first-order valence-electron chi connectivity index (χ1n) is 11.3. The summed E-state index contributed by atoms with van der Waals surface area (Å²) in [7, 11) is 0. The Kier molecular flexibility index (Phi) is 8.32. The van der Waals surface area contributed by atoms with Crippen LogP contribution >= 0.6 is 0 Å². The van der Waals surface area contributed by atoms with Crippen LogP contribution in [-0.2, 0) is 12.7 Å². The Morgan fingerprint density at radius 3 is 2.31 bits per heavy atom. The van der Waals surface area contributed by atoms with Gasteiger partial charge in [0.25, 0.3) is 0 Å². The van der Waals surface area contributed by atoms with E-state index in [-0.39, 0.29) is 11.4 Å². The van der Waals surface area contributed by atoms with Crippen molar-refractivity contribution in [2.75, 3.05) is 38.0 Å². The van der Waals surface area contributed by atoms with Gasteiger partial charge in [0.1, 0.15) is 11.5 Å². The van der Waals surface area contributed by atoms with E-state index >= 15 is 0 Å². The molecule has 0 spiro atoms. The number of hydrogen-bond acceptors (Lipinski definition) is 4. The Bertz CT molecular complexity index is 861. The van der Waals surface area contributed by atoms with E-state index in [1.807, 2.05) is 6.07 Å². The van der Waals surface area contributed by atoms with Crippen molar-refractivity contribution in [3.8, 4) is 0 Å². The summed E-state index contributed by atoms with van der Waals surface area (Å²) in [5.74, 6) is 0.255. The molecule has 174 valence electrons. The third-order valence-electron chi connectivity index (χ3n) is 6.14. The Morgan fingerprint density at radius 1 is 0.969 bits per heavy atom. The van der Waals surface area contributed by atoms with Crippen LogP contribution in [0.5, 0.6) is 0 Å². The number of pyridine rings is 1. The van der Waals surface area contributed by atoms with Crippen LogP contribution in [0.4, 0.5) is 19.0 Å². The predicted molar refractivity (Wildman–Crippen MR) is 123 cm³/mol. The number of hydrogen-bond donors (Lipinski definition) is 1. The molecular weight excluding hydrogens is 413 g/mol. The van der Waals surface area contributed by atoms with Crippen LogP contribution in [0.15, 0.2) is 60.7 Å². The Balaban J connectivity index is 1.68. The minimum absolute atomic E-state index is 0.255. The summed E-state index contributed by atoms with van der Waals surface area (Å²) in [4.78, 5) is 8.69. The van der Waals surface area contributed by atoms with Gasteiger partial charge in [0.05, 0.1) is 5.54 Å². The molecule has 1 aliphatic heterocycles. The standard InChI is InChI=1S/C25H33F3N4/c1-3-5-14-24(4-2,20-29-23-13-9-12-22(30-23)25(26,27)28)32-17-15-31(16-18-32)19-21-10-7-6-8-11-21/h5-14H,3-4,15-20H2,1-2H3,(H,29,30)/b14-5-. The monoisotopic (exact) mass is 446 g/mol. The normalized spacial score (nSPS) is 18.0. The molecule has 3 rings (SSSR count). The molecule has 1 N–H and O–H groups in total. The largest absolute Gasteiger partial charge is 0.433 e. The van der Waals surface area contributed by atoms with Crippen LogP contribution in [0.3, 0.4) is 0 Å². The fraction of sp³-hybridized carbons (Fsp3) is 0.480. The average molecular weight is 447 g/mol. The zero-order valence-corrected chi connectivity index (χ0v) is 18.9. The molecule has 1 aliphatic rings. The van der Waals surface area contributed by atoms with Crippen molar-refractivity contribution >= 4 is 5.82 Å². The molecule has 32 heavy (non-hydrogen) atoms. The molecular formula is C25H33F3N4. The number of alkyl halides is 3. The van der Waals surface area contributed by atoms with Crippen LogP contribution in [-0.4, -0.2) is 53.0 Å². The van der Waals surface area contributed by atoms with E-state index in [0.717, 1.165) is 51.6 Å². The van der Waals surface area contributed by atoms with Gasteiger partial charge < -0.3 is 5.32 Å². The Morgan fingerprint density at radius 2 is 1.69 bits per heavy atom. The minimum atomic E-state index is -4.45. The summed E-state index contributed by atoms with van der Waals surface area (Å²) >= 11 is 0. The highest BCUT2D eigenvalue weighted by Crippen LogP contribution is 2.29. The molecule has 0 amide bonds. The number of halogens is 3. The summed E-state index contributed by atoms with van der Waals surface area (Å²) in [6, 6.07) is 14.5. The molecule has 1 fully saturated rings. The van der Waals surface area contributed by atoms with Crippen LogP contribution in [0, 0.1) is 0 Å². The van der Waals surface area contributed by atoms with Gasteiger partial charge in [-0.15, -0.1) is 0 Å². The van der Waals surface area contributed by atoms with Gasteiger partial charge in [-0.05, 0) is 30.5 Å². The second kappa shape index (κ2) is 11.0. The maximum atomic E-state index is 13.0. The SMILES string of the molecule is CC/C=C\C(CC)(CNc1cccc(C(F)(F)F)n1)N1CCN(Cc2ccccc2)CC1. The maximum Gasteiger partial charge on any atom is 0.433 e. The van der Waals surface area contributed by atoms with Gasteiger partial charge >= 0.3 is 6.18 Å². The van der Waals surface area contributed by atoms with Gasteiger partial charge in [0.2, 0.25) is 0 Å². The van der Waals surface area contributed by atoms with Gasteiger partial charge in [-0.25, -0.2) is 4.98 Å². The van der Waals surface area contributed by atoms with Gasteiger partial charge in [-0.2, -0.15) is 13.2 Å². The second-order valence-corrected chi connectivity index (χ2v) is 8.28. The highest BCUT2D eigenvalue weighted by Gasteiger charge is 2.35. The molecule has 4 nitrogen and oxygen atoms in total. The van der Waals surface area contributed by atoms with E-state index in [1.54, 1.807) is 6.07 Å². The molecule has 1 saturated heterocycles. The van der Waals surface area contributed by atoms with Crippen LogP contribution < -0.4 is 5.32 Å². The minimum Gasteiger partial charge on any atom is -0.368 e. The topological polar surface area (TPSA) is 31.4 Å². The van der Waals surface area contributed by atoms with Crippen molar-refractivity contribution in [1.29, 1.82) is 0 Å². The average Bonchev–Trinajstić information content (AvgIpc) is 2.81. The fourth-order valence-corrected chi connectivity index (χ4v) is 4.21. The zero-order valence-electron chi connectivity index (χ0n) is 18.9. The number of rotatable bonds is 9. The second-order valence-electron chi connectivity index (χ2n) is 8.28. The van der Waals surface area contributed by atoms with Crippen LogP contribution in [0.1, 0.15) is 37.9 Å². The molecule has 0 aliphatic carbocycles. The van der Waals surface area contributed by atoms with Crippen LogP contribution in [0.25, 0.3) is 0 Å². The summed E-state index contributed by atoms with van der Waals surface area (Å²) < 4.78 is 39.1. The molecule has 1 atom stereocenters. The highest BCUT2D eigenvalue weighted by atomic mass is 19.4. The smallest absolute Gasteiger partial charge is 0.368 e. The van der Waals surface area contributed by atoms with Gasteiger partial charge in [0, 0.05) is 39.3 Å². The van der Waals surface area contributed by atoms with Gasteiger partial charge in [0.15, 0.2) is 0 Å². The molecule has 1 unspecified atom stereocenters. The maximum absolute atomic E-state index is 13.0. The lowest BCUT2D eigenvalue weighted by atomic mass is 9.91. The fourth-order valence-electron chi connectivity index (χ4n) is 4.21. The molecule has 1 aromatic heterocycles. The number of piperazine rings is 1. The number of allylic oxidation sites excluding steroid dienone is 1. The van der Waals surface area contributed by atoms with Crippen molar-refractivity contribution in [2.24, 2.45) is 0 Å². The van der Waals surface area contributed by atoms with E-state index in [0.29, 0.717) is 6.54 Å². The first-order chi connectivity index (χ1) is 15.4. The lowest BCUT2D eigenvalue weighted by molar-refractivity contribution is -0.141. The molecule has 0 saturated carbocycles. The first-order valence-corrected chi connectivity index (χ1v) is 11.3.